The monoisotopic (exact) mass is 289 g/mol. The van der Waals surface area contributed by atoms with Gasteiger partial charge in [-0.3, -0.25) is 9.59 Å². The normalized spacial score (nSPS) is 26.2. The Morgan fingerprint density at radius 1 is 1.19 bits per heavy atom. The zero-order chi connectivity index (χ0) is 14.8. The van der Waals surface area contributed by atoms with E-state index in [4.69, 9.17) is 9.84 Å². The Morgan fingerprint density at radius 2 is 1.90 bits per heavy atom. The molecule has 2 fully saturated rings. The largest absolute Gasteiger partial charge is 0.481 e. The minimum atomic E-state index is -0.821. The molecule has 21 heavy (non-hydrogen) atoms. The first-order chi connectivity index (χ1) is 10.2. The third-order valence-electron chi connectivity index (χ3n) is 4.31. The smallest absolute Gasteiger partial charge is 0.310 e. The van der Waals surface area contributed by atoms with Crippen molar-refractivity contribution < 1.29 is 19.4 Å². The van der Waals surface area contributed by atoms with E-state index in [-0.39, 0.29) is 17.9 Å². The van der Waals surface area contributed by atoms with Crippen molar-refractivity contribution in [2.45, 2.75) is 18.9 Å². The summed E-state index contributed by atoms with van der Waals surface area (Å²) in [5.41, 5.74) is 1.02. The third-order valence-corrected chi connectivity index (χ3v) is 4.31. The van der Waals surface area contributed by atoms with Crippen LogP contribution in [0.2, 0.25) is 0 Å². The van der Waals surface area contributed by atoms with Crippen molar-refractivity contribution in [2.24, 2.45) is 11.8 Å². The Hall–Kier alpha value is -1.88. The zero-order valence-corrected chi connectivity index (χ0v) is 11.8. The molecule has 5 heteroatoms. The SMILES string of the molecule is O=C(O)C1CN(C(=O)C2CCCOC2c2ccccc2)C1. The van der Waals surface area contributed by atoms with E-state index in [0.29, 0.717) is 19.7 Å². The van der Waals surface area contributed by atoms with E-state index in [9.17, 15) is 9.59 Å². The van der Waals surface area contributed by atoms with E-state index in [2.05, 4.69) is 0 Å². The second-order valence-electron chi connectivity index (χ2n) is 5.73. The Labute approximate surface area is 123 Å². The van der Waals surface area contributed by atoms with Crippen molar-refractivity contribution in [1.29, 1.82) is 0 Å². The van der Waals surface area contributed by atoms with Crippen molar-refractivity contribution in [3.05, 3.63) is 35.9 Å². The fourth-order valence-corrected chi connectivity index (χ4v) is 3.05. The predicted molar refractivity (Wildman–Crippen MR) is 75.6 cm³/mol. The number of nitrogens with zero attached hydrogens (tertiary/aromatic N) is 1. The van der Waals surface area contributed by atoms with E-state index < -0.39 is 11.9 Å². The van der Waals surface area contributed by atoms with Gasteiger partial charge < -0.3 is 14.7 Å². The molecule has 2 saturated heterocycles. The van der Waals surface area contributed by atoms with Crippen molar-refractivity contribution in [2.75, 3.05) is 19.7 Å². The molecule has 5 nitrogen and oxygen atoms in total. The van der Waals surface area contributed by atoms with E-state index in [1.165, 1.54) is 0 Å². The summed E-state index contributed by atoms with van der Waals surface area (Å²) in [5.74, 6) is -1.40. The van der Waals surface area contributed by atoms with Crippen LogP contribution in [0.15, 0.2) is 30.3 Å². The molecule has 112 valence electrons. The number of hydrogen-bond donors (Lipinski definition) is 1. The van der Waals surface area contributed by atoms with Crippen molar-refractivity contribution >= 4 is 11.9 Å². The zero-order valence-electron chi connectivity index (χ0n) is 11.8. The van der Waals surface area contributed by atoms with Crippen LogP contribution in [0.4, 0.5) is 0 Å². The minimum Gasteiger partial charge on any atom is -0.481 e. The molecule has 0 bridgehead atoms. The number of rotatable bonds is 3. The molecule has 0 saturated carbocycles. The molecule has 3 rings (SSSR count). The first-order valence-electron chi connectivity index (χ1n) is 7.35. The van der Waals surface area contributed by atoms with Gasteiger partial charge in [0.25, 0.3) is 0 Å². The van der Waals surface area contributed by atoms with Gasteiger partial charge in [-0.25, -0.2) is 0 Å². The van der Waals surface area contributed by atoms with Gasteiger partial charge in [0.1, 0.15) is 0 Å². The molecular weight excluding hydrogens is 270 g/mol. The van der Waals surface area contributed by atoms with Gasteiger partial charge in [-0.1, -0.05) is 30.3 Å². The summed E-state index contributed by atoms with van der Waals surface area (Å²) in [7, 11) is 0. The molecular formula is C16H19NO4. The van der Waals surface area contributed by atoms with Gasteiger partial charge in [-0.15, -0.1) is 0 Å². The number of carbonyl (C=O) groups is 2. The molecule has 1 N–H and O–H groups in total. The van der Waals surface area contributed by atoms with Gasteiger partial charge in [0, 0.05) is 19.7 Å². The molecule has 2 aliphatic heterocycles. The average Bonchev–Trinajstić information content (AvgIpc) is 2.46. The molecule has 2 aliphatic rings. The summed E-state index contributed by atoms with van der Waals surface area (Å²) < 4.78 is 5.83. The Balaban J connectivity index is 1.70. The molecule has 2 heterocycles. The van der Waals surface area contributed by atoms with E-state index >= 15 is 0 Å². The molecule has 2 unspecified atom stereocenters. The Bertz CT molecular complexity index is 524. The number of carboxylic acid groups (broad SMARTS) is 1. The Morgan fingerprint density at radius 3 is 2.57 bits per heavy atom. The van der Waals surface area contributed by atoms with E-state index in [1.807, 2.05) is 30.3 Å². The van der Waals surface area contributed by atoms with Gasteiger partial charge in [0.05, 0.1) is 17.9 Å². The lowest BCUT2D eigenvalue weighted by atomic mass is 9.86. The van der Waals surface area contributed by atoms with E-state index in [0.717, 1.165) is 18.4 Å². The van der Waals surface area contributed by atoms with Crippen LogP contribution in [0.25, 0.3) is 0 Å². The topological polar surface area (TPSA) is 66.8 Å². The van der Waals surface area contributed by atoms with Crippen molar-refractivity contribution in [1.82, 2.24) is 4.90 Å². The minimum absolute atomic E-state index is 0.0288. The predicted octanol–water partition coefficient (Wildman–Crippen LogP) is 1.70. The third kappa shape index (κ3) is 2.78. The number of benzene rings is 1. The van der Waals surface area contributed by atoms with Gasteiger partial charge in [-0.05, 0) is 18.4 Å². The lowest BCUT2D eigenvalue weighted by Gasteiger charge is -2.41. The van der Waals surface area contributed by atoms with Crippen LogP contribution in [0.5, 0.6) is 0 Å². The first kappa shape index (κ1) is 14.1. The number of likely N-dealkylation sites (tertiary alicyclic amines) is 1. The summed E-state index contributed by atoms with van der Waals surface area (Å²) in [5, 5.41) is 8.91. The lowest BCUT2D eigenvalue weighted by molar-refractivity contribution is -0.159. The maximum Gasteiger partial charge on any atom is 0.310 e. The summed E-state index contributed by atoms with van der Waals surface area (Å²) in [6.45, 7) is 1.32. The summed E-state index contributed by atoms with van der Waals surface area (Å²) >= 11 is 0. The summed E-state index contributed by atoms with van der Waals surface area (Å²) in [6.07, 6.45) is 1.46. The average molecular weight is 289 g/mol. The second kappa shape index (κ2) is 5.85. The highest BCUT2D eigenvalue weighted by Crippen LogP contribution is 2.36. The molecule has 1 amide bonds. The maximum atomic E-state index is 12.6. The fourth-order valence-electron chi connectivity index (χ4n) is 3.05. The Kier molecular flexibility index (Phi) is 3.92. The number of aliphatic carboxylic acids is 1. The van der Waals surface area contributed by atoms with Crippen LogP contribution in [0.3, 0.4) is 0 Å². The number of carbonyl (C=O) groups excluding carboxylic acids is 1. The van der Waals surface area contributed by atoms with Crippen molar-refractivity contribution in [3.8, 4) is 0 Å². The molecule has 1 aromatic carbocycles. The summed E-state index contributed by atoms with van der Waals surface area (Å²) in [4.78, 5) is 25.1. The molecule has 0 aromatic heterocycles. The van der Waals surface area contributed by atoms with Crippen LogP contribution >= 0.6 is 0 Å². The maximum absolute atomic E-state index is 12.6. The van der Waals surface area contributed by atoms with Gasteiger partial charge in [0.2, 0.25) is 5.91 Å². The van der Waals surface area contributed by atoms with Crippen LogP contribution in [-0.4, -0.2) is 41.6 Å². The number of hydrogen-bond acceptors (Lipinski definition) is 3. The molecule has 0 radical (unpaired) electrons. The summed E-state index contributed by atoms with van der Waals surface area (Å²) in [6, 6.07) is 9.78. The van der Waals surface area contributed by atoms with Gasteiger partial charge in [0.15, 0.2) is 0 Å². The number of ether oxygens (including phenoxy) is 1. The van der Waals surface area contributed by atoms with Gasteiger partial charge in [-0.2, -0.15) is 0 Å². The molecule has 0 spiro atoms. The van der Waals surface area contributed by atoms with Crippen LogP contribution in [0, 0.1) is 11.8 Å². The molecule has 1 aromatic rings. The first-order valence-corrected chi connectivity index (χ1v) is 7.35. The quantitative estimate of drug-likeness (QED) is 0.919. The highest BCUT2D eigenvalue weighted by Gasteiger charge is 2.42. The number of amides is 1. The fraction of sp³-hybridized carbons (Fsp3) is 0.500. The molecule has 0 aliphatic carbocycles. The van der Waals surface area contributed by atoms with Crippen LogP contribution < -0.4 is 0 Å². The standard InChI is InChI=1S/C16H19NO4/c18-15(17-9-12(10-17)16(19)20)13-7-4-8-21-14(13)11-5-2-1-3-6-11/h1-3,5-6,12-14H,4,7-10H2,(H,19,20). The van der Waals surface area contributed by atoms with Crippen LogP contribution in [0.1, 0.15) is 24.5 Å². The number of carboxylic acids is 1. The highest BCUT2D eigenvalue weighted by molar-refractivity contribution is 5.83. The van der Waals surface area contributed by atoms with Crippen LogP contribution in [-0.2, 0) is 14.3 Å². The lowest BCUT2D eigenvalue weighted by Crippen LogP contribution is -2.55. The highest BCUT2D eigenvalue weighted by atomic mass is 16.5. The van der Waals surface area contributed by atoms with Crippen molar-refractivity contribution in [3.63, 3.8) is 0 Å². The second-order valence-corrected chi connectivity index (χ2v) is 5.73. The van der Waals surface area contributed by atoms with E-state index in [1.54, 1.807) is 4.90 Å². The van der Waals surface area contributed by atoms with Gasteiger partial charge >= 0.3 is 5.97 Å². The molecule has 2 atom stereocenters.